The summed E-state index contributed by atoms with van der Waals surface area (Å²) in [5.74, 6) is 1.90. The molecule has 6 heteroatoms. The van der Waals surface area contributed by atoms with Crippen molar-refractivity contribution in [1.82, 2.24) is 4.98 Å². The Kier molecular flexibility index (Phi) is 6.42. The number of benzene rings is 1. The molecule has 0 aliphatic carbocycles. The van der Waals surface area contributed by atoms with Gasteiger partial charge in [0, 0.05) is 10.9 Å². The summed E-state index contributed by atoms with van der Waals surface area (Å²) in [6.07, 6.45) is 0. The monoisotopic (exact) mass is 319 g/mol. The third-order valence-corrected chi connectivity index (χ3v) is 3.61. The van der Waals surface area contributed by atoms with Crippen molar-refractivity contribution >= 4 is 35.3 Å². The quantitative estimate of drug-likeness (QED) is 0.766. The average Bonchev–Trinajstić information content (AvgIpc) is 2.88. The summed E-state index contributed by atoms with van der Waals surface area (Å²) in [7, 11) is 1.63. The van der Waals surface area contributed by atoms with Gasteiger partial charge in [-0.15, -0.1) is 35.3 Å². The molecule has 19 heavy (non-hydrogen) atoms. The number of methoxy groups -OCH3 is 1. The second-order valence-corrected chi connectivity index (χ2v) is 4.70. The average molecular weight is 320 g/mol. The molecule has 0 aliphatic heterocycles. The van der Waals surface area contributed by atoms with E-state index in [0.29, 0.717) is 12.5 Å². The third kappa shape index (κ3) is 3.75. The maximum Gasteiger partial charge on any atom is 0.161 e. The van der Waals surface area contributed by atoms with Crippen molar-refractivity contribution in [1.29, 1.82) is 0 Å². The molecule has 1 aromatic carbocycles. The second-order valence-electron chi connectivity index (χ2n) is 3.58. The van der Waals surface area contributed by atoms with Gasteiger partial charge in [-0.05, 0) is 25.1 Å². The Morgan fingerprint density at radius 2 is 2.11 bits per heavy atom. The van der Waals surface area contributed by atoms with Crippen LogP contribution in [0.3, 0.4) is 0 Å². The maximum atomic E-state index is 5.75. The van der Waals surface area contributed by atoms with Crippen LogP contribution >= 0.6 is 35.3 Å². The van der Waals surface area contributed by atoms with Gasteiger partial charge in [0.15, 0.2) is 11.5 Å². The van der Waals surface area contributed by atoms with Gasteiger partial charge in [0.05, 0.1) is 25.3 Å². The van der Waals surface area contributed by atoms with Crippen molar-refractivity contribution in [2.75, 3.05) is 13.7 Å². The fourth-order valence-corrected chi connectivity index (χ4v) is 2.62. The Labute approximate surface area is 127 Å². The van der Waals surface area contributed by atoms with Crippen molar-refractivity contribution < 1.29 is 9.47 Å². The molecule has 104 valence electrons. The minimum atomic E-state index is 0. The highest BCUT2D eigenvalue weighted by Crippen LogP contribution is 2.33. The van der Waals surface area contributed by atoms with Crippen LogP contribution < -0.4 is 9.47 Å². The van der Waals surface area contributed by atoms with Gasteiger partial charge >= 0.3 is 0 Å². The zero-order valence-corrected chi connectivity index (χ0v) is 13.1. The number of nitrogens with zero attached hydrogens (tertiary/aromatic N) is 1. The first-order valence-corrected chi connectivity index (χ1v) is 7.01. The van der Waals surface area contributed by atoms with Crippen molar-refractivity contribution in [3.63, 3.8) is 0 Å². The molecular formula is C13H15Cl2NO2S. The van der Waals surface area contributed by atoms with Gasteiger partial charge in [-0.25, -0.2) is 4.98 Å². The first kappa shape index (κ1) is 16.1. The molecule has 0 N–H and O–H groups in total. The fraction of sp³-hybridized carbons (Fsp3) is 0.308. The van der Waals surface area contributed by atoms with Gasteiger partial charge in [-0.1, -0.05) is 0 Å². The minimum absolute atomic E-state index is 0. The lowest BCUT2D eigenvalue weighted by Gasteiger charge is -2.09. The summed E-state index contributed by atoms with van der Waals surface area (Å²) in [5.41, 5.74) is 1.90. The Balaban J connectivity index is 0.00000180. The van der Waals surface area contributed by atoms with Crippen LogP contribution in [0.4, 0.5) is 0 Å². The van der Waals surface area contributed by atoms with Crippen LogP contribution in [0.15, 0.2) is 23.6 Å². The van der Waals surface area contributed by atoms with Crippen LogP contribution in [-0.4, -0.2) is 18.7 Å². The van der Waals surface area contributed by atoms with E-state index in [-0.39, 0.29) is 12.4 Å². The molecule has 0 saturated carbocycles. The standard InChI is InChI=1S/C13H14ClNO2S.ClH/c1-3-17-11-5-4-9(6-12(11)16-2)13-15-10(7-14)8-18-13;/h4-6,8H,3,7H2,1-2H3;1H. The number of hydrogen-bond acceptors (Lipinski definition) is 4. The van der Waals surface area contributed by atoms with E-state index in [1.165, 1.54) is 0 Å². The van der Waals surface area contributed by atoms with E-state index in [1.54, 1.807) is 18.4 Å². The molecule has 0 radical (unpaired) electrons. The smallest absolute Gasteiger partial charge is 0.161 e. The summed E-state index contributed by atoms with van der Waals surface area (Å²) < 4.78 is 10.8. The predicted octanol–water partition coefficient (Wildman–Crippen LogP) is 4.38. The SMILES string of the molecule is CCOc1ccc(-c2nc(CCl)cs2)cc1OC.Cl. The summed E-state index contributed by atoms with van der Waals surface area (Å²) in [4.78, 5) is 4.44. The van der Waals surface area contributed by atoms with Gasteiger partial charge in [0.25, 0.3) is 0 Å². The summed E-state index contributed by atoms with van der Waals surface area (Å²) >= 11 is 7.33. The minimum Gasteiger partial charge on any atom is -0.493 e. The topological polar surface area (TPSA) is 31.4 Å². The lowest BCUT2D eigenvalue weighted by atomic mass is 10.2. The van der Waals surface area contributed by atoms with E-state index in [2.05, 4.69) is 4.98 Å². The molecule has 0 saturated heterocycles. The first-order chi connectivity index (χ1) is 8.78. The number of aromatic nitrogens is 1. The highest BCUT2D eigenvalue weighted by Gasteiger charge is 2.09. The number of alkyl halides is 1. The maximum absolute atomic E-state index is 5.75. The van der Waals surface area contributed by atoms with Crippen LogP contribution in [0.5, 0.6) is 11.5 Å². The number of ether oxygens (including phenoxy) is 2. The Morgan fingerprint density at radius 3 is 2.68 bits per heavy atom. The van der Waals surface area contributed by atoms with E-state index < -0.39 is 0 Å². The van der Waals surface area contributed by atoms with Crippen molar-refractivity contribution in [2.45, 2.75) is 12.8 Å². The third-order valence-electron chi connectivity index (χ3n) is 2.40. The van der Waals surface area contributed by atoms with E-state index in [1.807, 2.05) is 30.5 Å². The van der Waals surface area contributed by atoms with Crippen LogP contribution in [0, 0.1) is 0 Å². The van der Waals surface area contributed by atoms with Gasteiger partial charge < -0.3 is 9.47 Å². The summed E-state index contributed by atoms with van der Waals surface area (Å²) in [6.45, 7) is 2.56. The van der Waals surface area contributed by atoms with Crippen LogP contribution in [0.1, 0.15) is 12.6 Å². The molecular weight excluding hydrogens is 305 g/mol. The van der Waals surface area contributed by atoms with Crippen molar-refractivity contribution in [2.24, 2.45) is 0 Å². The molecule has 1 heterocycles. The largest absolute Gasteiger partial charge is 0.493 e. The molecule has 0 unspecified atom stereocenters. The number of halogens is 2. The molecule has 0 bridgehead atoms. The van der Waals surface area contributed by atoms with Crippen molar-refractivity contribution in [3.05, 3.63) is 29.3 Å². The summed E-state index contributed by atoms with van der Waals surface area (Å²) in [6, 6.07) is 5.81. The number of rotatable bonds is 5. The predicted molar refractivity (Wildman–Crippen MR) is 82.1 cm³/mol. The van der Waals surface area contributed by atoms with Gasteiger partial charge in [0.1, 0.15) is 5.01 Å². The van der Waals surface area contributed by atoms with E-state index in [4.69, 9.17) is 21.1 Å². The van der Waals surface area contributed by atoms with Gasteiger partial charge in [-0.3, -0.25) is 0 Å². The Hall–Kier alpha value is -0.970. The van der Waals surface area contributed by atoms with Crippen LogP contribution in [0.25, 0.3) is 10.6 Å². The van der Waals surface area contributed by atoms with E-state index in [9.17, 15) is 0 Å². The number of thiazole rings is 1. The summed E-state index contributed by atoms with van der Waals surface area (Å²) in [5, 5.41) is 2.90. The van der Waals surface area contributed by atoms with E-state index >= 15 is 0 Å². The van der Waals surface area contributed by atoms with Crippen LogP contribution in [-0.2, 0) is 5.88 Å². The molecule has 2 aromatic rings. The molecule has 0 spiro atoms. The van der Waals surface area contributed by atoms with Crippen molar-refractivity contribution in [3.8, 4) is 22.1 Å². The highest BCUT2D eigenvalue weighted by atomic mass is 35.5. The molecule has 2 rings (SSSR count). The molecule has 0 amide bonds. The Bertz CT molecular complexity index is 531. The lowest BCUT2D eigenvalue weighted by molar-refractivity contribution is 0.311. The molecule has 3 nitrogen and oxygen atoms in total. The van der Waals surface area contributed by atoms with Crippen LogP contribution in [0.2, 0.25) is 0 Å². The molecule has 0 aliphatic rings. The lowest BCUT2D eigenvalue weighted by Crippen LogP contribution is -1.95. The Morgan fingerprint density at radius 1 is 1.32 bits per heavy atom. The molecule has 0 fully saturated rings. The molecule has 1 aromatic heterocycles. The highest BCUT2D eigenvalue weighted by molar-refractivity contribution is 7.13. The van der Waals surface area contributed by atoms with E-state index in [0.717, 1.165) is 27.8 Å². The zero-order chi connectivity index (χ0) is 13.0. The van der Waals surface area contributed by atoms with Gasteiger partial charge in [-0.2, -0.15) is 0 Å². The normalized spacial score (nSPS) is 9.84. The van der Waals surface area contributed by atoms with Gasteiger partial charge in [0.2, 0.25) is 0 Å². The second kappa shape index (κ2) is 7.58. The fourth-order valence-electron chi connectivity index (χ4n) is 1.58. The zero-order valence-electron chi connectivity index (χ0n) is 10.7. The number of hydrogen-bond donors (Lipinski definition) is 0. The molecule has 0 atom stereocenters. The first-order valence-electron chi connectivity index (χ1n) is 5.60.